The minimum atomic E-state index is -0.405. The summed E-state index contributed by atoms with van der Waals surface area (Å²) in [5.41, 5.74) is 0.236. The molecule has 0 atom stereocenters. The highest BCUT2D eigenvalue weighted by Gasteiger charge is 2.24. The van der Waals surface area contributed by atoms with Crippen molar-refractivity contribution in [2.45, 2.75) is 25.8 Å². The van der Waals surface area contributed by atoms with Gasteiger partial charge in [-0.05, 0) is 45.0 Å². The summed E-state index contributed by atoms with van der Waals surface area (Å²) in [5, 5.41) is 5.92. The SMILES string of the molecule is CCN(C(=O)Nc1ccccc1F)C1CCNCC1. The number of nitrogens with zero attached hydrogens (tertiary/aromatic N) is 1. The molecule has 5 heteroatoms. The number of anilines is 1. The number of hydrogen-bond acceptors (Lipinski definition) is 2. The van der Waals surface area contributed by atoms with Crippen LogP contribution in [0.3, 0.4) is 0 Å². The molecule has 0 aromatic heterocycles. The van der Waals surface area contributed by atoms with E-state index in [0.29, 0.717) is 6.54 Å². The maximum absolute atomic E-state index is 13.5. The summed E-state index contributed by atoms with van der Waals surface area (Å²) >= 11 is 0. The number of rotatable bonds is 3. The monoisotopic (exact) mass is 265 g/mol. The minimum absolute atomic E-state index is 0.223. The van der Waals surface area contributed by atoms with Crippen LogP contribution in [0.5, 0.6) is 0 Å². The zero-order chi connectivity index (χ0) is 13.7. The molecule has 104 valence electrons. The lowest BCUT2D eigenvalue weighted by atomic mass is 10.1. The summed E-state index contributed by atoms with van der Waals surface area (Å²) in [5.74, 6) is -0.405. The molecule has 2 amide bonds. The average molecular weight is 265 g/mol. The van der Waals surface area contributed by atoms with Crippen molar-refractivity contribution in [1.82, 2.24) is 10.2 Å². The molecule has 1 fully saturated rings. The van der Waals surface area contributed by atoms with Crippen LogP contribution in [-0.4, -0.2) is 36.6 Å². The molecule has 19 heavy (non-hydrogen) atoms. The molecule has 1 saturated heterocycles. The van der Waals surface area contributed by atoms with Gasteiger partial charge in [0.15, 0.2) is 0 Å². The van der Waals surface area contributed by atoms with E-state index in [0.717, 1.165) is 25.9 Å². The van der Waals surface area contributed by atoms with Crippen molar-refractivity contribution in [1.29, 1.82) is 0 Å². The molecule has 2 rings (SSSR count). The number of amides is 2. The molecule has 1 aliphatic heterocycles. The number of carbonyl (C=O) groups is 1. The predicted octanol–water partition coefficient (Wildman–Crippen LogP) is 2.43. The Bertz CT molecular complexity index is 432. The van der Waals surface area contributed by atoms with Crippen molar-refractivity contribution in [3.8, 4) is 0 Å². The van der Waals surface area contributed by atoms with Gasteiger partial charge in [-0.1, -0.05) is 12.1 Å². The van der Waals surface area contributed by atoms with E-state index in [1.165, 1.54) is 6.07 Å². The summed E-state index contributed by atoms with van der Waals surface area (Å²) in [6, 6.07) is 6.24. The van der Waals surface area contributed by atoms with E-state index >= 15 is 0 Å². The highest BCUT2D eigenvalue weighted by molar-refractivity contribution is 5.89. The Morgan fingerprint density at radius 2 is 2.11 bits per heavy atom. The standard InChI is InChI=1S/C14H20FN3O/c1-2-18(11-7-9-16-10-8-11)14(19)17-13-6-4-3-5-12(13)15/h3-6,11,16H,2,7-10H2,1H3,(H,17,19). The molecular formula is C14H20FN3O. The smallest absolute Gasteiger partial charge is 0.322 e. The van der Waals surface area contributed by atoms with Crippen LogP contribution in [0.15, 0.2) is 24.3 Å². The van der Waals surface area contributed by atoms with Gasteiger partial charge >= 0.3 is 6.03 Å². The molecule has 1 heterocycles. The molecule has 1 aliphatic rings. The maximum atomic E-state index is 13.5. The van der Waals surface area contributed by atoms with Gasteiger partial charge in [-0.3, -0.25) is 0 Å². The summed E-state index contributed by atoms with van der Waals surface area (Å²) in [6.45, 7) is 4.43. The Hall–Kier alpha value is -1.62. The minimum Gasteiger partial charge on any atom is -0.322 e. The average Bonchev–Trinajstić information content (AvgIpc) is 2.43. The first-order valence-corrected chi connectivity index (χ1v) is 6.75. The van der Waals surface area contributed by atoms with Gasteiger partial charge in [0.2, 0.25) is 0 Å². The number of para-hydroxylation sites is 1. The van der Waals surface area contributed by atoms with E-state index < -0.39 is 5.82 Å². The zero-order valence-electron chi connectivity index (χ0n) is 11.2. The molecule has 1 aromatic carbocycles. The quantitative estimate of drug-likeness (QED) is 0.881. The van der Waals surface area contributed by atoms with Crippen LogP contribution in [0.1, 0.15) is 19.8 Å². The van der Waals surface area contributed by atoms with Crippen molar-refractivity contribution >= 4 is 11.7 Å². The first-order valence-electron chi connectivity index (χ1n) is 6.75. The second kappa shape index (κ2) is 6.52. The number of piperidine rings is 1. The van der Waals surface area contributed by atoms with Gasteiger partial charge in [-0.2, -0.15) is 0 Å². The van der Waals surface area contributed by atoms with Crippen LogP contribution in [-0.2, 0) is 0 Å². The van der Waals surface area contributed by atoms with Crippen LogP contribution in [0, 0.1) is 5.82 Å². The second-order valence-electron chi connectivity index (χ2n) is 4.68. The molecule has 2 N–H and O–H groups in total. The third-order valence-corrected chi connectivity index (χ3v) is 3.47. The lowest BCUT2D eigenvalue weighted by Gasteiger charge is -2.33. The highest BCUT2D eigenvalue weighted by Crippen LogP contribution is 2.16. The highest BCUT2D eigenvalue weighted by atomic mass is 19.1. The summed E-state index contributed by atoms with van der Waals surface area (Å²) in [4.78, 5) is 14.0. The van der Waals surface area contributed by atoms with Crippen LogP contribution in [0.25, 0.3) is 0 Å². The Labute approximate surface area is 113 Å². The number of halogens is 1. The van der Waals surface area contributed by atoms with Gasteiger partial charge in [0.25, 0.3) is 0 Å². The van der Waals surface area contributed by atoms with Crippen molar-refractivity contribution in [2.75, 3.05) is 25.0 Å². The topological polar surface area (TPSA) is 44.4 Å². The third kappa shape index (κ3) is 3.44. The summed E-state index contributed by atoms with van der Waals surface area (Å²) in [7, 11) is 0. The fourth-order valence-electron chi connectivity index (χ4n) is 2.44. The fraction of sp³-hybridized carbons (Fsp3) is 0.500. The fourth-order valence-corrected chi connectivity index (χ4v) is 2.44. The molecule has 1 aromatic rings. The van der Waals surface area contributed by atoms with Gasteiger partial charge in [0, 0.05) is 12.6 Å². The lowest BCUT2D eigenvalue weighted by Crippen LogP contribution is -2.47. The Kier molecular flexibility index (Phi) is 4.74. The Morgan fingerprint density at radius 1 is 1.42 bits per heavy atom. The van der Waals surface area contributed by atoms with E-state index in [1.54, 1.807) is 23.1 Å². The van der Waals surface area contributed by atoms with Gasteiger partial charge < -0.3 is 15.5 Å². The van der Waals surface area contributed by atoms with Crippen molar-refractivity contribution < 1.29 is 9.18 Å². The molecular weight excluding hydrogens is 245 g/mol. The van der Waals surface area contributed by atoms with Crippen molar-refractivity contribution in [3.63, 3.8) is 0 Å². The van der Waals surface area contributed by atoms with Crippen LogP contribution < -0.4 is 10.6 Å². The zero-order valence-corrected chi connectivity index (χ0v) is 11.2. The third-order valence-electron chi connectivity index (χ3n) is 3.47. The largest absolute Gasteiger partial charge is 0.322 e. The van der Waals surface area contributed by atoms with E-state index in [4.69, 9.17) is 0 Å². The number of nitrogens with one attached hydrogen (secondary N) is 2. The first kappa shape index (κ1) is 13.8. The molecule has 0 bridgehead atoms. The molecule has 0 saturated carbocycles. The molecule has 0 spiro atoms. The number of benzene rings is 1. The Morgan fingerprint density at radius 3 is 2.74 bits per heavy atom. The van der Waals surface area contributed by atoms with Crippen LogP contribution in [0.4, 0.5) is 14.9 Å². The van der Waals surface area contributed by atoms with Crippen molar-refractivity contribution in [3.05, 3.63) is 30.1 Å². The first-order chi connectivity index (χ1) is 9.22. The molecule has 0 radical (unpaired) electrons. The maximum Gasteiger partial charge on any atom is 0.322 e. The Balaban J connectivity index is 2.02. The molecule has 0 unspecified atom stereocenters. The summed E-state index contributed by atoms with van der Waals surface area (Å²) in [6.07, 6.45) is 1.89. The van der Waals surface area contributed by atoms with Gasteiger partial charge in [0.1, 0.15) is 5.82 Å². The van der Waals surface area contributed by atoms with E-state index in [2.05, 4.69) is 10.6 Å². The number of carbonyl (C=O) groups excluding carboxylic acids is 1. The van der Waals surface area contributed by atoms with E-state index in [9.17, 15) is 9.18 Å². The number of hydrogen-bond donors (Lipinski definition) is 2. The second-order valence-corrected chi connectivity index (χ2v) is 4.68. The van der Waals surface area contributed by atoms with E-state index in [-0.39, 0.29) is 17.8 Å². The van der Waals surface area contributed by atoms with Gasteiger partial charge in [0.05, 0.1) is 5.69 Å². The summed E-state index contributed by atoms with van der Waals surface area (Å²) < 4.78 is 13.5. The van der Waals surface area contributed by atoms with Crippen LogP contribution in [0.2, 0.25) is 0 Å². The van der Waals surface area contributed by atoms with E-state index in [1.807, 2.05) is 6.92 Å². The lowest BCUT2D eigenvalue weighted by molar-refractivity contribution is 0.175. The molecule has 0 aliphatic carbocycles. The van der Waals surface area contributed by atoms with Gasteiger partial charge in [-0.25, -0.2) is 9.18 Å². The number of urea groups is 1. The normalized spacial score (nSPS) is 16.1. The van der Waals surface area contributed by atoms with Gasteiger partial charge in [-0.15, -0.1) is 0 Å². The van der Waals surface area contributed by atoms with Crippen molar-refractivity contribution in [2.24, 2.45) is 0 Å². The van der Waals surface area contributed by atoms with Crippen LogP contribution >= 0.6 is 0 Å². The predicted molar refractivity (Wildman–Crippen MR) is 73.7 cm³/mol. The molecule has 4 nitrogen and oxygen atoms in total.